The van der Waals surface area contributed by atoms with Crippen LogP contribution in [0.3, 0.4) is 0 Å². The Kier molecular flexibility index (Phi) is 3.44. The molecule has 0 amide bonds. The van der Waals surface area contributed by atoms with Crippen LogP contribution in [0.4, 0.5) is 5.00 Å². The van der Waals surface area contributed by atoms with Gasteiger partial charge in [0.1, 0.15) is 0 Å². The van der Waals surface area contributed by atoms with E-state index in [-0.39, 0.29) is 10.8 Å². The van der Waals surface area contributed by atoms with Crippen LogP contribution < -0.4 is 0 Å². The van der Waals surface area contributed by atoms with Crippen LogP contribution in [0, 0.1) is 10.1 Å². The van der Waals surface area contributed by atoms with Crippen molar-refractivity contribution in [3.8, 4) is 11.3 Å². The minimum absolute atomic E-state index is 0.0528. The average molecular weight is 356 g/mol. The van der Waals surface area contributed by atoms with Crippen molar-refractivity contribution < 1.29 is 9.72 Å². The summed E-state index contributed by atoms with van der Waals surface area (Å²) in [5.41, 5.74) is 2.15. The first kappa shape index (κ1) is 14.7. The van der Waals surface area contributed by atoms with Gasteiger partial charge in [0.05, 0.1) is 27.3 Å². The highest BCUT2D eigenvalue weighted by Gasteiger charge is 2.19. The molecule has 0 atom stereocenters. The summed E-state index contributed by atoms with van der Waals surface area (Å²) in [4.78, 5) is 27.9. The zero-order chi connectivity index (χ0) is 16.7. The Labute approximate surface area is 143 Å². The third-order valence-electron chi connectivity index (χ3n) is 3.45. The number of carbonyl (C=O) groups excluding carboxylic acids is 1. The molecule has 0 aliphatic carbocycles. The van der Waals surface area contributed by atoms with Crippen molar-refractivity contribution in [1.29, 1.82) is 0 Å². The summed E-state index contributed by atoms with van der Waals surface area (Å²) in [6.45, 7) is 0. The van der Waals surface area contributed by atoms with E-state index in [1.165, 1.54) is 28.1 Å². The van der Waals surface area contributed by atoms with Crippen LogP contribution in [0.1, 0.15) is 15.2 Å². The molecule has 0 N–H and O–H groups in total. The first-order valence-electron chi connectivity index (χ1n) is 6.79. The molecule has 4 aromatic rings. The fourth-order valence-corrected chi connectivity index (χ4v) is 3.76. The van der Waals surface area contributed by atoms with Crippen LogP contribution in [0.25, 0.3) is 16.9 Å². The summed E-state index contributed by atoms with van der Waals surface area (Å²) < 4.78 is 1.53. The molecule has 0 unspecified atom stereocenters. The highest BCUT2D eigenvalue weighted by atomic mass is 32.1. The van der Waals surface area contributed by atoms with Crippen LogP contribution in [0.5, 0.6) is 0 Å². The van der Waals surface area contributed by atoms with Gasteiger partial charge in [-0.3, -0.25) is 14.9 Å². The van der Waals surface area contributed by atoms with Crippen molar-refractivity contribution in [3.63, 3.8) is 0 Å². The van der Waals surface area contributed by atoms with E-state index in [2.05, 4.69) is 10.1 Å². The number of ketones is 1. The van der Waals surface area contributed by atoms with Gasteiger partial charge >= 0.3 is 5.00 Å². The fraction of sp³-hybridized carbons (Fsp3) is 0. The molecule has 0 aliphatic heterocycles. The van der Waals surface area contributed by atoms with Crippen LogP contribution >= 0.6 is 22.7 Å². The first-order valence-corrected chi connectivity index (χ1v) is 8.55. The molecule has 4 heterocycles. The minimum atomic E-state index is -0.429. The third kappa shape index (κ3) is 2.30. The maximum absolute atomic E-state index is 12.6. The van der Waals surface area contributed by atoms with Crippen LogP contribution in [0.15, 0.2) is 47.4 Å². The number of hydrogen-bond acceptors (Lipinski definition) is 7. The Balaban J connectivity index is 1.84. The highest BCUT2D eigenvalue weighted by molar-refractivity contribution is 7.13. The third-order valence-corrected chi connectivity index (χ3v) is 5.20. The van der Waals surface area contributed by atoms with E-state index in [4.69, 9.17) is 0 Å². The van der Waals surface area contributed by atoms with Gasteiger partial charge < -0.3 is 0 Å². The predicted molar refractivity (Wildman–Crippen MR) is 90.7 cm³/mol. The molecule has 118 valence electrons. The number of fused-ring (bicyclic) bond motifs is 1. The maximum Gasteiger partial charge on any atom is 0.324 e. The molecule has 4 aromatic heterocycles. The minimum Gasteiger partial charge on any atom is -0.287 e. The molecule has 0 spiro atoms. The SMILES string of the molecule is O=C(c1cccs1)c1cnn2c(-c3csc([N+](=O)[O-])c3)ccnc12. The number of aromatic nitrogens is 3. The molecule has 0 aromatic carbocycles. The van der Waals surface area contributed by atoms with Crippen LogP contribution in [0.2, 0.25) is 0 Å². The van der Waals surface area contributed by atoms with Gasteiger partial charge in [-0.2, -0.15) is 5.10 Å². The number of carbonyl (C=O) groups is 1. The Morgan fingerprint density at radius 3 is 2.88 bits per heavy atom. The number of nitrogens with zero attached hydrogens (tertiary/aromatic N) is 4. The van der Waals surface area contributed by atoms with Crippen molar-refractivity contribution >= 4 is 39.1 Å². The lowest BCUT2D eigenvalue weighted by Gasteiger charge is -2.02. The molecular formula is C15H8N4O3S2. The predicted octanol–water partition coefficient (Wildman–Crippen LogP) is 3.66. The maximum atomic E-state index is 12.6. The van der Waals surface area contributed by atoms with E-state index >= 15 is 0 Å². The molecule has 7 nitrogen and oxygen atoms in total. The normalized spacial score (nSPS) is 11.0. The molecule has 0 bridgehead atoms. The summed E-state index contributed by atoms with van der Waals surface area (Å²) in [7, 11) is 0. The highest BCUT2D eigenvalue weighted by Crippen LogP contribution is 2.31. The van der Waals surface area contributed by atoms with E-state index in [1.807, 2.05) is 11.4 Å². The molecule has 0 radical (unpaired) electrons. The molecule has 0 aliphatic rings. The van der Waals surface area contributed by atoms with Crippen molar-refractivity contribution in [2.75, 3.05) is 0 Å². The lowest BCUT2D eigenvalue weighted by molar-refractivity contribution is -0.380. The Hall–Kier alpha value is -2.91. The molecule has 0 fully saturated rings. The molecule has 9 heteroatoms. The molecule has 0 saturated carbocycles. The quantitative estimate of drug-likeness (QED) is 0.316. The van der Waals surface area contributed by atoms with Crippen molar-refractivity contribution in [2.24, 2.45) is 0 Å². The van der Waals surface area contributed by atoms with Crippen LogP contribution in [-0.4, -0.2) is 25.3 Å². The van der Waals surface area contributed by atoms with Gasteiger partial charge in [0.25, 0.3) is 0 Å². The number of nitro groups is 1. The Morgan fingerprint density at radius 1 is 1.29 bits per heavy atom. The zero-order valence-corrected chi connectivity index (χ0v) is 13.6. The van der Waals surface area contributed by atoms with E-state index in [1.54, 1.807) is 23.7 Å². The van der Waals surface area contributed by atoms with Gasteiger partial charge in [0, 0.05) is 23.2 Å². The largest absolute Gasteiger partial charge is 0.324 e. The first-order chi connectivity index (χ1) is 11.6. The fourth-order valence-electron chi connectivity index (χ4n) is 2.37. The summed E-state index contributed by atoms with van der Waals surface area (Å²) in [5.74, 6) is -0.138. The number of hydrogen-bond donors (Lipinski definition) is 0. The molecule has 24 heavy (non-hydrogen) atoms. The Morgan fingerprint density at radius 2 is 2.17 bits per heavy atom. The van der Waals surface area contributed by atoms with Gasteiger partial charge in [0.15, 0.2) is 5.65 Å². The van der Waals surface area contributed by atoms with E-state index in [0.29, 0.717) is 27.3 Å². The summed E-state index contributed by atoms with van der Waals surface area (Å²) in [6, 6.07) is 6.77. The molecule has 0 saturated heterocycles. The zero-order valence-electron chi connectivity index (χ0n) is 11.9. The monoisotopic (exact) mass is 356 g/mol. The van der Waals surface area contributed by atoms with Gasteiger partial charge in [-0.25, -0.2) is 9.50 Å². The molecular weight excluding hydrogens is 348 g/mol. The van der Waals surface area contributed by atoms with Crippen molar-refractivity contribution in [3.05, 3.63) is 68.0 Å². The van der Waals surface area contributed by atoms with E-state index < -0.39 is 4.92 Å². The average Bonchev–Trinajstić information content (AvgIpc) is 3.32. The second-order valence-electron chi connectivity index (χ2n) is 4.86. The van der Waals surface area contributed by atoms with Gasteiger partial charge in [-0.05, 0) is 17.5 Å². The number of rotatable bonds is 4. The van der Waals surface area contributed by atoms with Crippen molar-refractivity contribution in [2.45, 2.75) is 0 Å². The summed E-state index contributed by atoms with van der Waals surface area (Å²) in [5, 5.41) is 18.7. The van der Waals surface area contributed by atoms with Crippen molar-refractivity contribution in [1.82, 2.24) is 14.6 Å². The van der Waals surface area contributed by atoms with Gasteiger partial charge in [-0.15, -0.1) is 11.3 Å². The van der Waals surface area contributed by atoms with Crippen LogP contribution in [-0.2, 0) is 0 Å². The topological polar surface area (TPSA) is 90.4 Å². The second-order valence-corrected chi connectivity index (χ2v) is 6.70. The second kappa shape index (κ2) is 5.62. The van der Waals surface area contributed by atoms with Gasteiger partial charge in [-0.1, -0.05) is 17.4 Å². The van der Waals surface area contributed by atoms with E-state index in [9.17, 15) is 14.9 Å². The number of thiophene rings is 2. The lowest BCUT2D eigenvalue weighted by atomic mass is 10.2. The summed E-state index contributed by atoms with van der Waals surface area (Å²) >= 11 is 2.40. The standard InChI is InChI=1S/C15H8N4O3S2/c20-14(12-2-1-5-23-12)10-7-17-18-11(3-4-16-15(10)18)9-6-13(19(21)22)24-8-9/h1-8H. The van der Waals surface area contributed by atoms with E-state index in [0.717, 1.165) is 11.3 Å². The summed E-state index contributed by atoms with van der Waals surface area (Å²) in [6.07, 6.45) is 3.05. The smallest absolute Gasteiger partial charge is 0.287 e. The lowest BCUT2D eigenvalue weighted by Crippen LogP contribution is -2.00. The van der Waals surface area contributed by atoms with Gasteiger partial charge in [0.2, 0.25) is 5.78 Å². The Bertz CT molecular complexity index is 1070. The molecule has 4 rings (SSSR count).